The Kier molecular flexibility index (Phi) is 6.77. The number of benzene rings is 3. The Morgan fingerprint density at radius 2 is 1.63 bits per heavy atom. The number of carbonyl (C=O) groups excluding carboxylic acids is 1. The van der Waals surface area contributed by atoms with Crippen molar-refractivity contribution in [1.29, 1.82) is 0 Å². The summed E-state index contributed by atoms with van der Waals surface area (Å²) in [6, 6.07) is 24.6. The number of anilines is 2. The number of hydrogen-bond donors (Lipinski definition) is 1. The zero-order chi connectivity index (χ0) is 24.2. The predicted octanol–water partition coefficient (Wildman–Crippen LogP) is 3.77. The SMILES string of the molecule is CN(C)c1ccc(C(CNC(=O)c2ccc3c(c2)OCO3)N2CCN(c3ccccc3)CC2)cc1. The van der Waals surface area contributed by atoms with Crippen LogP contribution in [0.3, 0.4) is 0 Å². The van der Waals surface area contributed by atoms with Crippen molar-refractivity contribution in [3.8, 4) is 11.5 Å². The number of nitrogens with zero attached hydrogens (tertiary/aromatic N) is 3. The van der Waals surface area contributed by atoms with Crippen molar-refractivity contribution in [2.24, 2.45) is 0 Å². The first-order chi connectivity index (χ1) is 17.1. The highest BCUT2D eigenvalue weighted by atomic mass is 16.7. The molecule has 2 heterocycles. The van der Waals surface area contributed by atoms with Gasteiger partial charge in [-0.1, -0.05) is 30.3 Å². The summed E-state index contributed by atoms with van der Waals surface area (Å²) in [6.07, 6.45) is 0. The molecule has 1 N–H and O–H groups in total. The second kappa shape index (κ2) is 10.3. The molecule has 0 radical (unpaired) electrons. The van der Waals surface area contributed by atoms with Gasteiger partial charge in [-0.2, -0.15) is 0 Å². The molecule has 0 saturated carbocycles. The summed E-state index contributed by atoms with van der Waals surface area (Å²) in [6.45, 7) is 4.48. The molecule has 1 amide bonds. The lowest BCUT2D eigenvalue weighted by Crippen LogP contribution is -2.50. The zero-order valence-corrected chi connectivity index (χ0v) is 20.3. The molecule has 0 spiro atoms. The molecular weight excluding hydrogens is 440 g/mol. The fourth-order valence-electron chi connectivity index (χ4n) is 4.71. The molecule has 2 aliphatic heterocycles. The molecule has 3 aromatic rings. The normalized spacial score (nSPS) is 16.1. The second-order valence-electron chi connectivity index (χ2n) is 9.14. The molecule has 5 rings (SSSR count). The molecule has 7 heteroatoms. The maximum Gasteiger partial charge on any atom is 0.251 e. The van der Waals surface area contributed by atoms with Crippen molar-refractivity contribution in [1.82, 2.24) is 10.2 Å². The van der Waals surface area contributed by atoms with E-state index in [1.807, 2.05) is 14.1 Å². The monoisotopic (exact) mass is 472 g/mol. The van der Waals surface area contributed by atoms with E-state index in [1.165, 1.54) is 11.3 Å². The third kappa shape index (κ3) is 5.20. The molecule has 1 unspecified atom stereocenters. The van der Waals surface area contributed by atoms with Gasteiger partial charge in [0.05, 0.1) is 6.04 Å². The number of piperazine rings is 1. The van der Waals surface area contributed by atoms with Crippen LogP contribution in [0.4, 0.5) is 11.4 Å². The molecule has 0 aromatic heterocycles. The minimum Gasteiger partial charge on any atom is -0.454 e. The lowest BCUT2D eigenvalue weighted by molar-refractivity contribution is 0.0929. The molecule has 182 valence electrons. The van der Waals surface area contributed by atoms with Crippen LogP contribution >= 0.6 is 0 Å². The summed E-state index contributed by atoms with van der Waals surface area (Å²) in [5.74, 6) is 1.18. The van der Waals surface area contributed by atoms with E-state index in [4.69, 9.17) is 9.47 Å². The van der Waals surface area contributed by atoms with Gasteiger partial charge in [-0.05, 0) is 48.0 Å². The summed E-state index contributed by atoms with van der Waals surface area (Å²) in [4.78, 5) is 20.0. The van der Waals surface area contributed by atoms with E-state index in [9.17, 15) is 4.79 Å². The molecule has 1 atom stereocenters. The molecule has 1 saturated heterocycles. The van der Waals surface area contributed by atoms with Crippen molar-refractivity contribution < 1.29 is 14.3 Å². The smallest absolute Gasteiger partial charge is 0.251 e. The van der Waals surface area contributed by atoms with Gasteiger partial charge in [-0.25, -0.2) is 0 Å². The highest BCUT2D eigenvalue weighted by Crippen LogP contribution is 2.32. The van der Waals surface area contributed by atoms with E-state index < -0.39 is 0 Å². The molecule has 35 heavy (non-hydrogen) atoms. The van der Waals surface area contributed by atoms with Crippen molar-refractivity contribution >= 4 is 17.3 Å². The number of hydrogen-bond acceptors (Lipinski definition) is 6. The first-order valence-electron chi connectivity index (χ1n) is 12.1. The van der Waals surface area contributed by atoms with Crippen LogP contribution in [0.5, 0.6) is 11.5 Å². The summed E-state index contributed by atoms with van der Waals surface area (Å²) in [5, 5.41) is 3.17. The van der Waals surface area contributed by atoms with Crippen LogP contribution < -0.4 is 24.6 Å². The Bertz CT molecular complexity index is 1140. The maximum absolute atomic E-state index is 13.0. The predicted molar refractivity (Wildman–Crippen MR) is 139 cm³/mol. The van der Waals surface area contributed by atoms with E-state index in [0.717, 1.165) is 31.9 Å². The first kappa shape index (κ1) is 23.1. The topological polar surface area (TPSA) is 57.3 Å². The fourth-order valence-corrected chi connectivity index (χ4v) is 4.71. The summed E-state index contributed by atoms with van der Waals surface area (Å²) in [7, 11) is 4.09. The average molecular weight is 473 g/mol. The van der Waals surface area contributed by atoms with Crippen LogP contribution in [0.25, 0.3) is 0 Å². The van der Waals surface area contributed by atoms with E-state index >= 15 is 0 Å². The van der Waals surface area contributed by atoms with Gasteiger partial charge in [-0.3, -0.25) is 9.69 Å². The lowest BCUT2D eigenvalue weighted by Gasteiger charge is -2.40. The highest BCUT2D eigenvalue weighted by Gasteiger charge is 2.26. The summed E-state index contributed by atoms with van der Waals surface area (Å²) < 4.78 is 10.8. The number of ether oxygens (including phenoxy) is 2. The van der Waals surface area contributed by atoms with Gasteiger partial charge < -0.3 is 24.6 Å². The standard InChI is InChI=1S/C28H32N4O3/c1-30(2)23-11-8-21(9-12-23)25(32-16-14-31(15-17-32)24-6-4-3-5-7-24)19-29-28(33)22-10-13-26-27(18-22)35-20-34-26/h3-13,18,25H,14-17,19-20H2,1-2H3,(H,29,33). The van der Waals surface area contributed by atoms with Gasteiger partial charge in [-0.15, -0.1) is 0 Å². The third-order valence-electron chi connectivity index (χ3n) is 6.76. The van der Waals surface area contributed by atoms with Crippen LogP contribution in [-0.4, -0.2) is 64.4 Å². The van der Waals surface area contributed by atoms with Crippen LogP contribution in [0.15, 0.2) is 72.8 Å². The molecule has 3 aromatic carbocycles. The lowest BCUT2D eigenvalue weighted by atomic mass is 10.0. The summed E-state index contributed by atoms with van der Waals surface area (Å²) in [5.41, 5.74) is 4.19. The van der Waals surface area contributed by atoms with Crippen molar-refractivity contribution in [2.75, 3.05) is 63.4 Å². The zero-order valence-electron chi connectivity index (χ0n) is 20.3. The Morgan fingerprint density at radius 3 is 2.34 bits per heavy atom. The molecule has 2 aliphatic rings. The molecular formula is C28H32N4O3. The molecule has 0 bridgehead atoms. The van der Waals surface area contributed by atoms with Crippen molar-refractivity contribution in [2.45, 2.75) is 6.04 Å². The maximum atomic E-state index is 13.0. The first-order valence-corrected chi connectivity index (χ1v) is 12.1. The Hall–Kier alpha value is -3.71. The molecule has 1 fully saturated rings. The molecule has 7 nitrogen and oxygen atoms in total. The minimum absolute atomic E-state index is 0.0853. The number of fused-ring (bicyclic) bond motifs is 1. The Morgan fingerprint density at radius 1 is 0.914 bits per heavy atom. The second-order valence-corrected chi connectivity index (χ2v) is 9.14. The summed E-state index contributed by atoms with van der Waals surface area (Å²) >= 11 is 0. The Labute approximate surface area is 206 Å². The van der Waals surface area contributed by atoms with E-state index in [0.29, 0.717) is 23.6 Å². The van der Waals surface area contributed by atoms with Crippen molar-refractivity contribution in [3.05, 3.63) is 83.9 Å². The van der Waals surface area contributed by atoms with Gasteiger partial charge >= 0.3 is 0 Å². The van der Waals surface area contributed by atoms with Gasteiger partial charge in [0, 0.05) is 63.8 Å². The number of rotatable bonds is 7. The van der Waals surface area contributed by atoms with E-state index in [1.54, 1.807) is 18.2 Å². The third-order valence-corrected chi connectivity index (χ3v) is 6.76. The largest absolute Gasteiger partial charge is 0.454 e. The average Bonchev–Trinajstić information content (AvgIpc) is 3.38. The van der Waals surface area contributed by atoms with Gasteiger partial charge in [0.15, 0.2) is 11.5 Å². The van der Waals surface area contributed by atoms with Crippen LogP contribution in [0, 0.1) is 0 Å². The number of carbonyl (C=O) groups is 1. The van der Waals surface area contributed by atoms with E-state index in [2.05, 4.69) is 74.6 Å². The van der Waals surface area contributed by atoms with Crippen LogP contribution in [0.2, 0.25) is 0 Å². The van der Waals surface area contributed by atoms with Gasteiger partial charge in [0.2, 0.25) is 6.79 Å². The van der Waals surface area contributed by atoms with Crippen LogP contribution in [0.1, 0.15) is 22.0 Å². The Balaban J connectivity index is 1.30. The minimum atomic E-state index is -0.110. The number of nitrogens with one attached hydrogen (secondary N) is 1. The quantitative estimate of drug-likeness (QED) is 0.565. The number of amides is 1. The van der Waals surface area contributed by atoms with E-state index in [-0.39, 0.29) is 18.7 Å². The van der Waals surface area contributed by atoms with Crippen molar-refractivity contribution in [3.63, 3.8) is 0 Å². The van der Waals surface area contributed by atoms with Crippen LogP contribution in [-0.2, 0) is 0 Å². The molecule has 0 aliphatic carbocycles. The fraction of sp³-hybridized carbons (Fsp3) is 0.321. The highest BCUT2D eigenvalue weighted by molar-refractivity contribution is 5.95. The van der Waals surface area contributed by atoms with Gasteiger partial charge in [0.25, 0.3) is 5.91 Å². The number of para-hydroxylation sites is 1. The van der Waals surface area contributed by atoms with Gasteiger partial charge in [0.1, 0.15) is 0 Å².